The zero-order valence-electron chi connectivity index (χ0n) is 8.79. The highest BCUT2D eigenvalue weighted by molar-refractivity contribution is 9.11. The van der Waals surface area contributed by atoms with Gasteiger partial charge < -0.3 is 4.74 Å². The Morgan fingerprint density at radius 1 is 1.47 bits per heavy atom. The summed E-state index contributed by atoms with van der Waals surface area (Å²) in [6.45, 7) is 0. The quantitative estimate of drug-likeness (QED) is 0.730. The van der Waals surface area contributed by atoms with Crippen LogP contribution in [-0.4, -0.2) is 26.7 Å². The summed E-state index contributed by atoms with van der Waals surface area (Å²) in [6.07, 6.45) is 3.58. The molecule has 0 aromatic carbocycles. The van der Waals surface area contributed by atoms with Crippen molar-refractivity contribution >= 4 is 32.2 Å². The summed E-state index contributed by atoms with van der Waals surface area (Å²) in [5.74, 6) is 0.577. The molecule has 0 atom stereocenters. The van der Waals surface area contributed by atoms with E-state index in [0.717, 1.165) is 20.1 Å². The van der Waals surface area contributed by atoms with Gasteiger partial charge in [-0.25, -0.2) is 14.5 Å². The molecule has 86 valence electrons. The van der Waals surface area contributed by atoms with E-state index in [-0.39, 0.29) is 0 Å². The van der Waals surface area contributed by atoms with Crippen molar-refractivity contribution in [3.05, 3.63) is 28.4 Å². The summed E-state index contributed by atoms with van der Waals surface area (Å²) >= 11 is 4.81. The van der Waals surface area contributed by atoms with E-state index in [9.17, 15) is 0 Å². The minimum atomic E-state index is 0.577. The van der Waals surface area contributed by atoms with Crippen LogP contribution in [-0.2, 0) is 0 Å². The van der Waals surface area contributed by atoms with Crippen LogP contribution >= 0.6 is 27.3 Å². The smallest absolute Gasteiger partial charge is 0.213 e. The number of hydrogen-bond donors (Lipinski definition) is 0. The Morgan fingerprint density at radius 3 is 3.12 bits per heavy atom. The van der Waals surface area contributed by atoms with Gasteiger partial charge in [0.2, 0.25) is 10.8 Å². The van der Waals surface area contributed by atoms with E-state index in [1.807, 2.05) is 18.3 Å². The van der Waals surface area contributed by atoms with Gasteiger partial charge in [0.1, 0.15) is 0 Å². The van der Waals surface area contributed by atoms with Crippen molar-refractivity contribution in [1.82, 2.24) is 19.6 Å². The lowest BCUT2D eigenvalue weighted by atomic mass is 10.2. The Bertz CT molecular complexity index is 646. The standard InChI is InChI=1S/C10H7BrN4OS/c1-16-8-4-6(2-3-12-8)7-5-15-10(13-7)17-9(11)14-15/h2-5H,1H3. The zero-order chi connectivity index (χ0) is 11.8. The van der Waals surface area contributed by atoms with Crippen LogP contribution in [0.2, 0.25) is 0 Å². The third-order valence-electron chi connectivity index (χ3n) is 2.26. The summed E-state index contributed by atoms with van der Waals surface area (Å²) < 4.78 is 7.65. The Hall–Kier alpha value is -1.47. The average Bonchev–Trinajstić information content (AvgIpc) is 2.86. The minimum Gasteiger partial charge on any atom is -0.481 e. The molecule has 0 spiro atoms. The highest BCUT2D eigenvalue weighted by atomic mass is 79.9. The molecule has 0 aliphatic carbocycles. The molecule has 0 unspecified atom stereocenters. The molecule has 0 N–H and O–H groups in total. The summed E-state index contributed by atoms with van der Waals surface area (Å²) in [5.41, 5.74) is 1.82. The molecule has 0 saturated carbocycles. The molecular formula is C10H7BrN4OS. The maximum Gasteiger partial charge on any atom is 0.213 e. The minimum absolute atomic E-state index is 0.577. The molecule has 3 rings (SSSR count). The largest absolute Gasteiger partial charge is 0.481 e. The van der Waals surface area contributed by atoms with E-state index in [0.29, 0.717) is 5.88 Å². The van der Waals surface area contributed by atoms with Gasteiger partial charge in [0.15, 0.2) is 3.92 Å². The summed E-state index contributed by atoms with van der Waals surface area (Å²) in [7, 11) is 1.59. The van der Waals surface area contributed by atoms with Crippen molar-refractivity contribution in [3.8, 4) is 17.1 Å². The zero-order valence-corrected chi connectivity index (χ0v) is 11.2. The van der Waals surface area contributed by atoms with Gasteiger partial charge in [0.25, 0.3) is 0 Å². The third-order valence-corrected chi connectivity index (χ3v) is 3.61. The maximum atomic E-state index is 5.08. The van der Waals surface area contributed by atoms with Crippen molar-refractivity contribution in [2.45, 2.75) is 0 Å². The van der Waals surface area contributed by atoms with Crippen LogP contribution in [0.4, 0.5) is 0 Å². The fourth-order valence-corrected chi connectivity index (χ4v) is 2.71. The molecular weight excluding hydrogens is 304 g/mol. The van der Waals surface area contributed by atoms with E-state index < -0.39 is 0 Å². The Balaban J connectivity index is 2.09. The number of methoxy groups -OCH3 is 1. The number of pyridine rings is 1. The lowest BCUT2D eigenvalue weighted by Gasteiger charge is -1.99. The fraction of sp³-hybridized carbons (Fsp3) is 0.100. The van der Waals surface area contributed by atoms with Crippen LogP contribution < -0.4 is 4.74 Å². The fourth-order valence-electron chi connectivity index (χ4n) is 1.50. The predicted molar refractivity (Wildman–Crippen MR) is 68.3 cm³/mol. The number of halogens is 1. The topological polar surface area (TPSA) is 52.3 Å². The van der Waals surface area contributed by atoms with Gasteiger partial charge in [-0.2, -0.15) is 0 Å². The van der Waals surface area contributed by atoms with Crippen LogP contribution in [0.25, 0.3) is 16.2 Å². The predicted octanol–water partition coefficient (Wildman–Crippen LogP) is 2.62. The van der Waals surface area contributed by atoms with Gasteiger partial charge in [-0.3, -0.25) is 0 Å². The van der Waals surface area contributed by atoms with Gasteiger partial charge in [0.05, 0.1) is 19.0 Å². The molecule has 0 bridgehead atoms. The lowest BCUT2D eigenvalue weighted by molar-refractivity contribution is 0.398. The second-order valence-electron chi connectivity index (χ2n) is 3.30. The molecule has 3 aromatic rings. The van der Waals surface area contributed by atoms with Crippen LogP contribution in [0.1, 0.15) is 0 Å². The SMILES string of the molecule is COc1cc(-c2cn3nc(Br)sc3n2)ccn1. The molecule has 0 saturated heterocycles. The van der Waals surface area contributed by atoms with Gasteiger partial charge in [-0.05, 0) is 22.0 Å². The Morgan fingerprint density at radius 2 is 2.35 bits per heavy atom. The number of nitrogens with zero attached hydrogens (tertiary/aromatic N) is 4. The number of fused-ring (bicyclic) bond motifs is 1. The summed E-state index contributed by atoms with van der Waals surface area (Å²) in [6, 6.07) is 3.74. The molecule has 17 heavy (non-hydrogen) atoms. The van der Waals surface area contributed by atoms with Crippen molar-refractivity contribution in [3.63, 3.8) is 0 Å². The highest BCUT2D eigenvalue weighted by Crippen LogP contribution is 2.25. The molecule has 0 fully saturated rings. The van der Waals surface area contributed by atoms with Crippen LogP contribution in [0, 0.1) is 0 Å². The van der Waals surface area contributed by atoms with Crippen molar-refractivity contribution in [1.29, 1.82) is 0 Å². The number of ether oxygens (including phenoxy) is 1. The molecule has 3 aromatic heterocycles. The Labute approximate surface area is 109 Å². The number of rotatable bonds is 2. The molecule has 0 radical (unpaired) electrons. The van der Waals surface area contributed by atoms with Crippen LogP contribution in [0.5, 0.6) is 5.88 Å². The first kappa shape index (κ1) is 10.7. The number of hydrogen-bond acceptors (Lipinski definition) is 5. The van der Waals surface area contributed by atoms with Gasteiger partial charge in [-0.15, -0.1) is 5.10 Å². The van der Waals surface area contributed by atoms with Gasteiger partial charge in [0, 0.05) is 17.8 Å². The number of aromatic nitrogens is 4. The first-order valence-electron chi connectivity index (χ1n) is 4.78. The second kappa shape index (κ2) is 4.08. The Kier molecular flexibility index (Phi) is 2.56. The van der Waals surface area contributed by atoms with Crippen LogP contribution in [0.15, 0.2) is 28.4 Å². The van der Waals surface area contributed by atoms with Crippen molar-refractivity contribution in [2.75, 3.05) is 7.11 Å². The highest BCUT2D eigenvalue weighted by Gasteiger charge is 2.09. The molecule has 7 heteroatoms. The van der Waals surface area contributed by atoms with E-state index >= 15 is 0 Å². The third kappa shape index (κ3) is 1.91. The van der Waals surface area contributed by atoms with Gasteiger partial charge in [-0.1, -0.05) is 11.3 Å². The summed E-state index contributed by atoms with van der Waals surface area (Å²) in [4.78, 5) is 9.40. The molecule has 5 nitrogen and oxygen atoms in total. The van der Waals surface area contributed by atoms with Gasteiger partial charge >= 0.3 is 0 Å². The first-order chi connectivity index (χ1) is 8.26. The monoisotopic (exact) mass is 310 g/mol. The first-order valence-corrected chi connectivity index (χ1v) is 6.39. The van der Waals surface area contributed by atoms with Crippen LogP contribution in [0.3, 0.4) is 0 Å². The molecule has 0 aliphatic heterocycles. The lowest BCUT2D eigenvalue weighted by Crippen LogP contribution is -1.87. The van der Waals surface area contributed by atoms with E-state index in [4.69, 9.17) is 4.74 Å². The second-order valence-corrected chi connectivity index (χ2v) is 5.53. The average molecular weight is 311 g/mol. The van der Waals surface area contributed by atoms with Crippen molar-refractivity contribution < 1.29 is 4.74 Å². The van der Waals surface area contributed by atoms with E-state index in [1.165, 1.54) is 11.3 Å². The van der Waals surface area contributed by atoms with E-state index in [2.05, 4.69) is 31.0 Å². The summed E-state index contributed by atoms with van der Waals surface area (Å²) in [5, 5.41) is 4.24. The number of imidazole rings is 1. The van der Waals surface area contributed by atoms with Crippen molar-refractivity contribution in [2.24, 2.45) is 0 Å². The maximum absolute atomic E-state index is 5.08. The molecule has 0 amide bonds. The molecule has 3 heterocycles. The normalized spacial score (nSPS) is 10.9. The molecule has 0 aliphatic rings. The van der Waals surface area contributed by atoms with E-state index in [1.54, 1.807) is 17.8 Å².